The first-order valence-electron chi connectivity index (χ1n) is 4.39. The summed E-state index contributed by atoms with van der Waals surface area (Å²) in [5.74, 6) is 0.765. The molecule has 1 heterocycles. The fourth-order valence-corrected chi connectivity index (χ4v) is 1.51. The van der Waals surface area contributed by atoms with Gasteiger partial charge in [0, 0.05) is 6.54 Å². The Labute approximate surface area is 81.6 Å². The number of fused-ring (bicyclic) bond motifs is 1. The van der Waals surface area contributed by atoms with Crippen LogP contribution in [0.25, 0.3) is 11.0 Å². The van der Waals surface area contributed by atoms with Gasteiger partial charge in [-0.1, -0.05) is 5.16 Å². The van der Waals surface area contributed by atoms with Crippen molar-refractivity contribution in [3.63, 3.8) is 0 Å². The van der Waals surface area contributed by atoms with E-state index in [1.54, 1.807) is 7.11 Å². The minimum absolute atomic E-state index is 0.464. The molecular formula is C10H12N2O2. The Hall–Kier alpha value is -1.55. The van der Waals surface area contributed by atoms with Crippen LogP contribution in [0.5, 0.6) is 5.75 Å². The van der Waals surface area contributed by atoms with Gasteiger partial charge in [0.25, 0.3) is 0 Å². The number of hydrogen-bond acceptors (Lipinski definition) is 4. The maximum Gasteiger partial charge on any atom is 0.171 e. The summed E-state index contributed by atoms with van der Waals surface area (Å²) in [5.41, 5.74) is 8.09. The topological polar surface area (TPSA) is 61.3 Å². The molecule has 2 aromatic rings. The van der Waals surface area contributed by atoms with E-state index in [0.29, 0.717) is 6.54 Å². The number of aryl methyl sites for hydroxylation is 1. The third-order valence-electron chi connectivity index (χ3n) is 2.22. The molecule has 0 atom stereocenters. The number of benzene rings is 1. The monoisotopic (exact) mass is 192 g/mol. The first kappa shape index (κ1) is 9.02. The fourth-order valence-electron chi connectivity index (χ4n) is 1.51. The molecule has 0 fully saturated rings. The number of methoxy groups -OCH3 is 1. The smallest absolute Gasteiger partial charge is 0.171 e. The van der Waals surface area contributed by atoms with E-state index in [-0.39, 0.29) is 0 Å². The zero-order valence-electron chi connectivity index (χ0n) is 8.20. The van der Waals surface area contributed by atoms with Crippen molar-refractivity contribution in [2.75, 3.05) is 7.11 Å². The van der Waals surface area contributed by atoms with E-state index < -0.39 is 0 Å². The average molecular weight is 192 g/mol. The maximum atomic E-state index is 5.55. The molecule has 1 aromatic heterocycles. The van der Waals surface area contributed by atoms with Gasteiger partial charge in [0.2, 0.25) is 0 Å². The fraction of sp³-hybridized carbons (Fsp3) is 0.300. The van der Waals surface area contributed by atoms with Gasteiger partial charge in [-0.15, -0.1) is 0 Å². The van der Waals surface area contributed by atoms with Gasteiger partial charge >= 0.3 is 0 Å². The summed E-state index contributed by atoms with van der Waals surface area (Å²) in [5, 5.41) is 4.80. The van der Waals surface area contributed by atoms with E-state index in [4.69, 9.17) is 15.0 Å². The number of rotatable bonds is 2. The predicted octanol–water partition coefficient (Wildman–Crippen LogP) is 1.60. The van der Waals surface area contributed by atoms with Crippen LogP contribution in [0, 0.1) is 6.92 Å². The van der Waals surface area contributed by atoms with Crippen molar-refractivity contribution in [3.05, 3.63) is 23.4 Å². The van der Waals surface area contributed by atoms with E-state index >= 15 is 0 Å². The minimum Gasteiger partial charge on any atom is -0.496 e. The normalized spacial score (nSPS) is 10.8. The van der Waals surface area contributed by atoms with E-state index in [1.807, 2.05) is 19.1 Å². The Morgan fingerprint density at radius 1 is 1.50 bits per heavy atom. The molecule has 2 N–H and O–H groups in total. The lowest BCUT2D eigenvalue weighted by Crippen LogP contribution is -1.96. The van der Waals surface area contributed by atoms with Crippen molar-refractivity contribution < 1.29 is 9.26 Å². The summed E-state index contributed by atoms with van der Waals surface area (Å²) in [4.78, 5) is 0. The van der Waals surface area contributed by atoms with Crippen LogP contribution in [-0.4, -0.2) is 12.3 Å². The van der Waals surface area contributed by atoms with Gasteiger partial charge in [-0.25, -0.2) is 0 Å². The van der Waals surface area contributed by atoms with Crippen molar-refractivity contribution in [2.24, 2.45) is 5.73 Å². The number of aromatic nitrogens is 1. The van der Waals surface area contributed by atoms with Crippen molar-refractivity contribution in [3.8, 4) is 5.75 Å². The van der Waals surface area contributed by atoms with Gasteiger partial charge in [0.05, 0.1) is 18.2 Å². The molecule has 0 aliphatic carbocycles. The molecule has 0 spiro atoms. The molecule has 4 nitrogen and oxygen atoms in total. The Kier molecular flexibility index (Phi) is 2.13. The van der Waals surface area contributed by atoms with Gasteiger partial charge in [-0.3, -0.25) is 0 Å². The van der Waals surface area contributed by atoms with Gasteiger partial charge in [0.15, 0.2) is 5.58 Å². The summed E-state index contributed by atoms with van der Waals surface area (Å²) in [6.07, 6.45) is 0. The molecule has 74 valence electrons. The zero-order chi connectivity index (χ0) is 10.1. The highest BCUT2D eigenvalue weighted by Gasteiger charge is 2.11. The molecule has 0 radical (unpaired) electrons. The van der Waals surface area contributed by atoms with Crippen LogP contribution in [0.3, 0.4) is 0 Å². The van der Waals surface area contributed by atoms with Gasteiger partial charge in [-0.2, -0.15) is 0 Å². The Morgan fingerprint density at radius 2 is 2.29 bits per heavy atom. The standard InChI is InChI=1S/C10H12N2O2/c1-6-10-8(13-2)3-7(5-11)4-9(10)14-12-6/h3-4H,5,11H2,1-2H3. The highest BCUT2D eigenvalue weighted by atomic mass is 16.5. The summed E-state index contributed by atoms with van der Waals surface area (Å²) < 4.78 is 10.4. The lowest BCUT2D eigenvalue weighted by molar-refractivity contribution is 0.418. The second kappa shape index (κ2) is 3.31. The second-order valence-electron chi connectivity index (χ2n) is 3.14. The van der Waals surface area contributed by atoms with Gasteiger partial charge in [0.1, 0.15) is 5.75 Å². The van der Waals surface area contributed by atoms with E-state index in [9.17, 15) is 0 Å². The quantitative estimate of drug-likeness (QED) is 0.785. The predicted molar refractivity (Wildman–Crippen MR) is 53.2 cm³/mol. The minimum atomic E-state index is 0.464. The van der Waals surface area contributed by atoms with Gasteiger partial charge in [-0.05, 0) is 24.6 Å². The molecular weight excluding hydrogens is 180 g/mol. The summed E-state index contributed by atoms with van der Waals surface area (Å²) in [7, 11) is 1.63. The van der Waals surface area contributed by atoms with E-state index in [0.717, 1.165) is 28.0 Å². The van der Waals surface area contributed by atoms with Gasteiger partial charge < -0.3 is 15.0 Å². The molecule has 1 aromatic carbocycles. The molecule has 14 heavy (non-hydrogen) atoms. The number of nitrogens with two attached hydrogens (primary N) is 1. The Morgan fingerprint density at radius 3 is 2.93 bits per heavy atom. The van der Waals surface area contributed by atoms with E-state index in [2.05, 4.69) is 5.16 Å². The Bertz CT molecular complexity index is 462. The lowest BCUT2D eigenvalue weighted by Gasteiger charge is -2.03. The van der Waals surface area contributed by atoms with Crippen LogP contribution in [0.1, 0.15) is 11.3 Å². The van der Waals surface area contributed by atoms with Crippen LogP contribution < -0.4 is 10.5 Å². The largest absolute Gasteiger partial charge is 0.496 e. The first-order valence-corrected chi connectivity index (χ1v) is 4.39. The van der Waals surface area contributed by atoms with Crippen molar-refractivity contribution in [2.45, 2.75) is 13.5 Å². The summed E-state index contributed by atoms with van der Waals surface area (Å²) >= 11 is 0. The molecule has 0 aliphatic rings. The molecule has 0 bridgehead atoms. The maximum absolute atomic E-state index is 5.55. The van der Waals surface area contributed by atoms with Crippen molar-refractivity contribution in [1.29, 1.82) is 0 Å². The summed E-state index contributed by atoms with van der Waals surface area (Å²) in [6, 6.07) is 3.80. The van der Waals surface area contributed by atoms with E-state index in [1.165, 1.54) is 0 Å². The Balaban J connectivity index is 2.76. The molecule has 2 rings (SSSR count). The van der Waals surface area contributed by atoms with Crippen LogP contribution in [0.4, 0.5) is 0 Å². The molecule has 0 unspecified atom stereocenters. The van der Waals surface area contributed by atoms with Crippen LogP contribution >= 0.6 is 0 Å². The highest BCUT2D eigenvalue weighted by molar-refractivity contribution is 5.86. The average Bonchev–Trinajstić information content (AvgIpc) is 2.59. The lowest BCUT2D eigenvalue weighted by atomic mass is 10.1. The highest BCUT2D eigenvalue weighted by Crippen LogP contribution is 2.29. The third-order valence-corrected chi connectivity index (χ3v) is 2.22. The SMILES string of the molecule is COc1cc(CN)cc2onc(C)c12. The number of nitrogens with zero attached hydrogens (tertiary/aromatic N) is 1. The number of ether oxygens (including phenoxy) is 1. The third kappa shape index (κ3) is 1.24. The summed E-state index contributed by atoms with van der Waals surface area (Å²) in [6.45, 7) is 2.35. The molecule has 0 aliphatic heterocycles. The van der Waals surface area contributed by atoms with Crippen molar-refractivity contribution >= 4 is 11.0 Å². The van der Waals surface area contributed by atoms with Crippen LogP contribution in [0.2, 0.25) is 0 Å². The molecule has 0 amide bonds. The second-order valence-corrected chi connectivity index (χ2v) is 3.14. The van der Waals surface area contributed by atoms with Crippen molar-refractivity contribution in [1.82, 2.24) is 5.16 Å². The number of hydrogen-bond donors (Lipinski definition) is 1. The van der Waals surface area contributed by atoms with Crippen LogP contribution in [-0.2, 0) is 6.54 Å². The van der Waals surface area contributed by atoms with Crippen LogP contribution in [0.15, 0.2) is 16.7 Å². The molecule has 4 heteroatoms. The molecule has 0 saturated heterocycles. The zero-order valence-corrected chi connectivity index (χ0v) is 8.20. The molecule has 0 saturated carbocycles. The first-order chi connectivity index (χ1) is 6.76.